The van der Waals surface area contributed by atoms with E-state index in [1.54, 1.807) is 11.3 Å². The number of halogens is 1. The number of nitrogens with zero attached hydrogens (tertiary/aromatic N) is 1. The Labute approximate surface area is 103 Å². The largest absolute Gasteiger partial charge is 0.314 e. The summed E-state index contributed by atoms with van der Waals surface area (Å²) < 4.78 is 1.11. The zero-order valence-corrected chi connectivity index (χ0v) is 10.8. The molecule has 0 amide bonds. The van der Waals surface area contributed by atoms with E-state index in [9.17, 15) is 0 Å². The maximum atomic E-state index is 3.48. The van der Waals surface area contributed by atoms with E-state index in [0.29, 0.717) is 0 Å². The van der Waals surface area contributed by atoms with E-state index in [4.69, 9.17) is 0 Å². The average Bonchev–Trinajstić information content (AvgIpc) is 2.66. The molecule has 2 nitrogen and oxygen atoms in total. The lowest BCUT2D eigenvalue weighted by Gasteiger charge is -2.24. The molecule has 2 heterocycles. The molecule has 1 N–H and O–H groups in total. The summed E-state index contributed by atoms with van der Waals surface area (Å²) in [5.41, 5.74) is 0. The van der Waals surface area contributed by atoms with Crippen molar-refractivity contribution in [3.63, 3.8) is 0 Å². The predicted octanol–water partition coefficient (Wildman–Crippen LogP) is 1.77. The van der Waals surface area contributed by atoms with Crippen molar-refractivity contribution in [3.05, 3.63) is 20.8 Å². The molecule has 2 rings (SSSR count). The van der Waals surface area contributed by atoms with Crippen molar-refractivity contribution in [2.75, 3.05) is 32.7 Å². The monoisotopic (exact) mass is 284 g/mol. The van der Waals surface area contributed by atoms with Crippen LogP contribution in [-0.4, -0.2) is 37.6 Å². The van der Waals surface area contributed by atoms with Crippen LogP contribution in [0.2, 0.25) is 0 Å². The summed E-state index contributed by atoms with van der Waals surface area (Å²) in [6, 6.07) is 2.04. The van der Waals surface area contributed by atoms with Crippen LogP contribution in [0.3, 0.4) is 0 Å². The van der Waals surface area contributed by atoms with Crippen LogP contribution in [0.15, 0.2) is 15.9 Å². The Morgan fingerprint density at radius 2 is 2.27 bits per heavy atom. The van der Waals surface area contributed by atoms with Gasteiger partial charge in [-0.2, -0.15) is 0 Å². The van der Waals surface area contributed by atoms with Crippen molar-refractivity contribution in [1.82, 2.24) is 10.2 Å². The highest BCUT2D eigenvalue weighted by Crippen LogP contribution is 2.20. The summed E-state index contributed by atoms with van der Waals surface area (Å²) in [6.07, 6.45) is 0. The number of thiophene rings is 1. The van der Waals surface area contributed by atoms with Crippen LogP contribution in [0.25, 0.3) is 0 Å². The van der Waals surface area contributed by atoms with E-state index >= 15 is 0 Å². The molecule has 0 atom stereocenters. The first kappa shape index (κ1) is 11.2. The van der Waals surface area contributed by atoms with E-state index in [2.05, 4.69) is 43.4 Å². The molecule has 1 fully saturated rings. The Kier molecular flexibility index (Phi) is 4.21. The Balaban J connectivity index is 1.87. The van der Waals surface area contributed by atoms with Crippen molar-refractivity contribution in [2.24, 2.45) is 0 Å². The molecule has 0 unspecified atom stereocenters. The zero-order valence-electron chi connectivity index (χ0n) is 8.42. The van der Waals surface area contributed by atoms with Crippen LogP contribution >= 0.6 is 27.3 Å². The Morgan fingerprint density at radius 3 is 2.93 bits per heavy atom. The average molecular weight is 285 g/mol. The molecule has 80 valence electrons. The lowest BCUT2D eigenvalue weighted by atomic mass is 10.3. The van der Waals surface area contributed by atoms with E-state index in [1.807, 2.05) is 6.07 Å². The van der Waals surface area contributed by atoms with E-state index in [-0.39, 0.29) is 0 Å². The first-order chi connectivity index (χ1) is 7.36. The van der Waals surface area contributed by atoms with Gasteiger partial charge in [0.1, 0.15) is 0 Å². The first-order valence-electron chi connectivity index (χ1n) is 5.01. The van der Waals surface area contributed by atoms with Crippen molar-refractivity contribution in [2.45, 2.75) is 0 Å². The summed E-state index contributed by atoms with van der Waals surface area (Å²) in [4.78, 5) is 3.51. The van der Waals surface area contributed by atoms with Gasteiger partial charge in [0.25, 0.3) is 0 Å². The van der Waals surface area contributed by atoms with Gasteiger partial charge in [0.2, 0.25) is 0 Å². The second-order valence-electron chi connectivity index (χ2n) is 3.43. The highest BCUT2D eigenvalue weighted by atomic mass is 79.9. The van der Waals surface area contributed by atoms with Gasteiger partial charge < -0.3 is 5.32 Å². The molecule has 1 aliphatic rings. The van der Waals surface area contributed by atoms with Gasteiger partial charge in [-0.05, 0) is 27.4 Å². The molecule has 0 aromatic carbocycles. The van der Waals surface area contributed by atoms with Crippen molar-refractivity contribution in [3.8, 4) is 11.8 Å². The van der Waals surface area contributed by atoms with Crippen molar-refractivity contribution >= 4 is 27.3 Å². The van der Waals surface area contributed by atoms with Gasteiger partial charge in [0.05, 0.1) is 11.4 Å². The summed E-state index contributed by atoms with van der Waals surface area (Å²) in [7, 11) is 0. The SMILES string of the molecule is Brc1ccsc1C#CCN1CCNCC1. The van der Waals surface area contributed by atoms with Crippen LogP contribution in [0.1, 0.15) is 4.88 Å². The fourth-order valence-electron chi connectivity index (χ4n) is 1.48. The molecule has 15 heavy (non-hydrogen) atoms. The molecule has 4 heteroatoms. The van der Waals surface area contributed by atoms with Gasteiger partial charge >= 0.3 is 0 Å². The lowest BCUT2D eigenvalue weighted by molar-refractivity contribution is 0.268. The molecule has 0 spiro atoms. The first-order valence-corrected chi connectivity index (χ1v) is 6.68. The molecule has 1 aromatic rings. The molecule has 1 saturated heterocycles. The highest BCUT2D eigenvalue weighted by Gasteiger charge is 2.06. The van der Waals surface area contributed by atoms with Crippen LogP contribution < -0.4 is 5.32 Å². The van der Waals surface area contributed by atoms with Crippen LogP contribution in [0, 0.1) is 11.8 Å². The number of hydrogen-bond acceptors (Lipinski definition) is 3. The summed E-state index contributed by atoms with van der Waals surface area (Å²) in [6.45, 7) is 5.28. The van der Waals surface area contributed by atoms with Crippen molar-refractivity contribution in [1.29, 1.82) is 0 Å². The second-order valence-corrected chi connectivity index (χ2v) is 5.20. The Bertz CT molecular complexity index is 371. The Morgan fingerprint density at radius 1 is 1.47 bits per heavy atom. The molecule has 0 radical (unpaired) electrons. The second kappa shape index (κ2) is 5.66. The number of rotatable bonds is 1. The topological polar surface area (TPSA) is 15.3 Å². The maximum Gasteiger partial charge on any atom is 0.0910 e. The summed E-state index contributed by atoms with van der Waals surface area (Å²) in [5, 5.41) is 5.39. The van der Waals surface area contributed by atoms with Gasteiger partial charge in [-0.15, -0.1) is 11.3 Å². The fraction of sp³-hybridized carbons (Fsp3) is 0.455. The fourth-order valence-corrected chi connectivity index (χ4v) is 2.82. The van der Waals surface area contributed by atoms with Gasteiger partial charge in [-0.3, -0.25) is 4.90 Å². The molecular weight excluding hydrogens is 272 g/mol. The van der Waals surface area contributed by atoms with Gasteiger partial charge in [0.15, 0.2) is 0 Å². The van der Waals surface area contributed by atoms with Crippen LogP contribution in [-0.2, 0) is 0 Å². The molecule has 0 saturated carbocycles. The van der Waals surface area contributed by atoms with Crippen LogP contribution in [0.4, 0.5) is 0 Å². The van der Waals surface area contributed by atoms with Gasteiger partial charge in [0, 0.05) is 30.7 Å². The third-order valence-corrected chi connectivity index (χ3v) is 4.08. The van der Waals surface area contributed by atoms with Gasteiger partial charge in [-0.1, -0.05) is 11.8 Å². The van der Waals surface area contributed by atoms with Crippen LogP contribution in [0.5, 0.6) is 0 Å². The normalized spacial score (nSPS) is 17.1. The minimum Gasteiger partial charge on any atom is -0.314 e. The molecule has 1 aliphatic heterocycles. The lowest BCUT2D eigenvalue weighted by Crippen LogP contribution is -2.43. The molecule has 0 aliphatic carbocycles. The van der Waals surface area contributed by atoms with Crippen molar-refractivity contribution < 1.29 is 0 Å². The van der Waals surface area contributed by atoms with E-state index in [1.165, 1.54) is 0 Å². The zero-order chi connectivity index (χ0) is 10.5. The summed E-state index contributed by atoms with van der Waals surface area (Å²) in [5.74, 6) is 6.43. The maximum absolute atomic E-state index is 3.48. The van der Waals surface area contributed by atoms with E-state index in [0.717, 1.165) is 42.1 Å². The third-order valence-electron chi connectivity index (χ3n) is 2.33. The minimum absolute atomic E-state index is 0.881. The minimum atomic E-state index is 0.881. The predicted molar refractivity (Wildman–Crippen MR) is 68.2 cm³/mol. The smallest absolute Gasteiger partial charge is 0.0910 e. The molecule has 0 bridgehead atoms. The highest BCUT2D eigenvalue weighted by molar-refractivity contribution is 9.10. The third kappa shape index (κ3) is 3.32. The molecule has 1 aromatic heterocycles. The summed E-state index contributed by atoms with van der Waals surface area (Å²) >= 11 is 5.16. The quantitative estimate of drug-likeness (QED) is 0.791. The van der Waals surface area contributed by atoms with E-state index < -0.39 is 0 Å². The standard InChI is InChI=1S/C11H13BrN2S/c12-10-3-9-15-11(10)2-1-6-14-7-4-13-5-8-14/h3,9,13H,4-8H2. The molecular formula is C11H13BrN2S. The van der Waals surface area contributed by atoms with Gasteiger partial charge in [-0.25, -0.2) is 0 Å². The number of hydrogen-bond donors (Lipinski definition) is 1. The number of nitrogens with one attached hydrogen (secondary N) is 1. The number of piperazine rings is 1. The Hall–Kier alpha value is -0.340.